The van der Waals surface area contributed by atoms with Crippen LogP contribution in [-0.2, 0) is 5.60 Å². The van der Waals surface area contributed by atoms with Crippen molar-refractivity contribution in [1.29, 1.82) is 0 Å². The quantitative estimate of drug-likeness (QED) is 0.539. The van der Waals surface area contributed by atoms with E-state index in [1.807, 2.05) is 30.3 Å². The Morgan fingerprint density at radius 2 is 1.85 bits per heavy atom. The average molecular weight is 384 g/mol. The number of halogens is 1. The van der Waals surface area contributed by atoms with E-state index in [0.29, 0.717) is 36.5 Å². The zero-order valence-electron chi connectivity index (χ0n) is 14.5. The lowest BCUT2D eigenvalue weighted by atomic mass is 9.84. The Bertz CT molecular complexity index is 1020. The highest BCUT2D eigenvalue weighted by molar-refractivity contribution is 6.31. The minimum Gasteiger partial charge on any atom is -0.385 e. The largest absolute Gasteiger partial charge is 0.385 e. The van der Waals surface area contributed by atoms with Gasteiger partial charge in [0, 0.05) is 41.2 Å². The van der Waals surface area contributed by atoms with Gasteiger partial charge in [-0.25, -0.2) is 4.98 Å². The fourth-order valence-electron chi connectivity index (χ4n) is 3.61. The van der Waals surface area contributed by atoms with Gasteiger partial charge in [-0.3, -0.25) is 10.1 Å². The molecule has 27 heavy (non-hydrogen) atoms. The maximum absolute atomic E-state index is 11.0. The van der Waals surface area contributed by atoms with E-state index in [1.165, 1.54) is 12.1 Å². The highest BCUT2D eigenvalue weighted by atomic mass is 35.5. The molecule has 1 aliphatic heterocycles. The Morgan fingerprint density at radius 1 is 1.11 bits per heavy atom. The van der Waals surface area contributed by atoms with E-state index >= 15 is 0 Å². The summed E-state index contributed by atoms with van der Waals surface area (Å²) < 4.78 is 0. The molecule has 0 spiro atoms. The maximum atomic E-state index is 11.0. The number of piperidine rings is 1. The van der Waals surface area contributed by atoms with Crippen LogP contribution in [0.1, 0.15) is 18.4 Å². The fraction of sp³-hybridized carbons (Fsp3) is 0.250. The third-order valence-electron chi connectivity index (χ3n) is 5.16. The smallest absolute Gasteiger partial charge is 0.270 e. The summed E-state index contributed by atoms with van der Waals surface area (Å²) in [5.74, 6) is 0.803. The predicted molar refractivity (Wildman–Crippen MR) is 105 cm³/mol. The molecule has 0 saturated carbocycles. The van der Waals surface area contributed by atoms with E-state index in [2.05, 4.69) is 9.88 Å². The van der Waals surface area contributed by atoms with E-state index in [0.717, 1.165) is 16.8 Å². The highest BCUT2D eigenvalue weighted by Crippen LogP contribution is 2.37. The normalized spacial score (nSPS) is 16.4. The van der Waals surface area contributed by atoms with E-state index in [9.17, 15) is 15.2 Å². The molecule has 1 aliphatic rings. The van der Waals surface area contributed by atoms with Crippen LogP contribution < -0.4 is 4.90 Å². The Morgan fingerprint density at radius 3 is 2.56 bits per heavy atom. The minimum absolute atomic E-state index is 0.0554. The Hall–Kier alpha value is -2.70. The molecule has 2 aromatic carbocycles. The average Bonchev–Trinajstić information content (AvgIpc) is 2.68. The number of fused-ring (bicyclic) bond motifs is 1. The molecule has 2 heterocycles. The van der Waals surface area contributed by atoms with Gasteiger partial charge in [-0.2, -0.15) is 0 Å². The molecule has 0 unspecified atom stereocenters. The molecule has 3 aromatic rings. The van der Waals surface area contributed by atoms with Crippen molar-refractivity contribution >= 4 is 34.0 Å². The first-order chi connectivity index (χ1) is 13.0. The molecule has 1 aromatic heterocycles. The van der Waals surface area contributed by atoms with Gasteiger partial charge in [0.25, 0.3) is 5.69 Å². The summed E-state index contributed by atoms with van der Waals surface area (Å²) in [6.45, 7) is 1.29. The summed E-state index contributed by atoms with van der Waals surface area (Å²) in [5.41, 5.74) is 0.599. The minimum atomic E-state index is -0.938. The van der Waals surface area contributed by atoms with Gasteiger partial charge in [-0.1, -0.05) is 29.8 Å². The maximum Gasteiger partial charge on any atom is 0.270 e. The summed E-state index contributed by atoms with van der Waals surface area (Å²) in [7, 11) is 0. The molecule has 138 valence electrons. The molecule has 0 amide bonds. The lowest BCUT2D eigenvalue weighted by molar-refractivity contribution is -0.384. The third-order valence-corrected chi connectivity index (χ3v) is 5.49. The zero-order chi connectivity index (χ0) is 19.0. The second-order valence-corrected chi connectivity index (χ2v) is 7.21. The van der Waals surface area contributed by atoms with Crippen molar-refractivity contribution in [2.45, 2.75) is 18.4 Å². The Balaban J connectivity index is 1.55. The number of rotatable bonds is 3. The van der Waals surface area contributed by atoms with Gasteiger partial charge in [0.05, 0.1) is 16.0 Å². The molecular formula is C20H18ClN3O3. The van der Waals surface area contributed by atoms with Gasteiger partial charge < -0.3 is 10.0 Å². The molecule has 0 atom stereocenters. The number of anilines is 1. The van der Waals surface area contributed by atoms with Crippen molar-refractivity contribution in [3.63, 3.8) is 0 Å². The van der Waals surface area contributed by atoms with E-state index in [1.54, 1.807) is 12.1 Å². The van der Waals surface area contributed by atoms with Gasteiger partial charge in [0.2, 0.25) is 0 Å². The van der Waals surface area contributed by atoms with Crippen LogP contribution in [0.15, 0.2) is 54.6 Å². The van der Waals surface area contributed by atoms with E-state index in [4.69, 9.17) is 11.6 Å². The van der Waals surface area contributed by atoms with Crippen LogP contribution >= 0.6 is 11.6 Å². The molecule has 1 saturated heterocycles. The van der Waals surface area contributed by atoms with Crippen LogP contribution in [0.5, 0.6) is 0 Å². The van der Waals surface area contributed by atoms with Crippen LogP contribution in [0.25, 0.3) is 10.9 Å². The van der Waals surface area contributed by atoms with Crippen molar-refractivity contribution in [3.8, 4) is 0 Å². The number of pyridine rings is 1. The van der Waals surface area contributed by atoms with Crippen molar-refractivity contribution in [2.75, 3.05) is 18.0 Å². The zero-order valence-corrected chi connectivity index (χ0v) is 15.3. The van der Waals surface area contributed by atoms with Crippen LogP contribution in [0.4, 0.5) is 11.5 Å². The fourth-order valence-corrected chi connectivity index (χ4v) is 3.92. The van der Waals surface area contributed by atoms with Crippen LogP contribution in [0, 0.1) is 10.1 Å². The summed E-state index contributed by atoms with van der Waals surface area (Å²) in [6.07, 6.45) is 1.10. The molecule has 7 heteroatoms. The van der Waals surface area contributed by atoms with Crippen LogP contribution in [-0.4, -0.2) is 28.1 Å². The number of aliphatic hydroxyl groups is 1. The molecule has 0 radical (unpaired) electrons. The summed E-state index contributed by atoms with van der Waals surface area (Å²) >= 11 is 6.27. The summed E-state index contributed by atoms with van der Waals surface area (Å²) in [4.78, 5) is 17.2. The highest BCUT2D eigenvalue weighted by Gasteiger charge is 2.35. The first-order valence-electron chi connectivity index (χ1n) is 8.74. The lowest BCUT2D eigenvalue weighted by Crippen LogP contribution is -2.43. The van der Waals surface area contributed by atoms with Crippen LogP contribution in [0.2, 0.25) is 5.02 Å². The van der Waals surface area contributed by atoms with Crippen molar-refractivity contribution < 1.29 is 10.0 Å². The Kier molecular flexibility index (Phi) is 4.45. The monoisotopic (exact) mass is 383 g/mol. The standard InChI is InChI=1S/C20H18ClN3O3/c21-17-4-2-1-3-16(17)20(25)9-11-23(12-10-20)19-8-5-14-13-15(24(26)27)6-7-18(14)22-19/h1-8,13,25H,9-12H2. The molecule has 0 bridgehead atoms. The Labute approximate surface area is 161 Å². The second kappa shape index (κ2) is 6.79. The summed E-state index contributed by atoms with van der Waals surface area (Å²) in [6, 6.07) is 15.8. The van der Waals surface area contributed by atoms with Gasteiger partial charge in [0.15, 0.2) is 0 Å². The number of benzene rings is 2. The SMILES string of the molecule is O=[N+]([O-])c1ccc2nc(N3CCC(O)(c4ccccc4Cl)CC3)ccc2c1. The molecule has 0 aliphatic carbocycles. The van der Waals surface area contributed by atoms with Gasteiger partial charge >= 0.3 is 0 Å². The first-order valence-corrected chi connectivity index (χ1v) is 9.12. The topological polar surface area (TPSA) is 79.5 Å². The number of hydrogen-bond acceptors (Lipinski definition) is 5. The molecule has 6 nitrogen and oxygen atoms in total. The molecule has 1 N–H and O–H groups in total. The van der Waals surface area contributed by atoms with Gasteiger partial charge in [-0.15, -0.1) is 0 Å². The molecular weight excluding hydrogens is 366 g/mol. The third kappa shape index (κ3) is 3.34. The van der Waals surface area contributed by atoms with Crippen molar-refractivity contribution in [1.82, 2.24) is 4.98 Å². The van der Waals surface area contributed by atoms with Crippen molar-refractivity contribution in [3.05, 3.63) is 75.3 Å². The number of hydrogen-bond donors (Lipinski definition) is 1. The predicted octanol–water partition coefficient (Wildman–Crippen LogP) is 4.28. The number of nitro benzene ring substituents is 1. The number of nitro groups is 1. The van der Waals surface area contributed by atoms with Crippen LogP contribution in [0.3, 0.4) is 0 Å². The summed E-state index contributed by atoms with van der Waals surface area (Å²) in [5, 5.41) is 23.3. The van der Waals surface area contributed by atoms with Gasteiger partial charge in [-0.05, 0) is 37.1 Å². The second-order valence-electron chi connectivity index (χ2n) is 6.80. The lowest BCUT2D eigenvalue weighted by Gasteiger charge is -2.39. The molecule has 1 fully saturated rings. The van der Waals surface area contributed by atoms with Gasteiger partial charge in [0.1, 0.15) is 5.82 Å². The number of aromatic nitrogens is 1. The van der Waals surface area contributed by atoms with E-state index < -0.39 is 10.5 Å². The number of non-ortho nitro benzene ring substituents is 1. The van der Waals surface area contributed by atoms with Crippen molar-refractivity contribution in [2.24, 2.45) is 0 Å². The first kappa shape index (κ1) is 17.7. The molecule has 4 rings (SSSR count). The van der Waals surface area contributed by atoms with E-state index in [-0.39, 0.29) is 5.69 Å². The number of nitrogens with zero attached hydrogens (tertiary/aromatic N) is 3.